The van der Waals surface area contributed by atoms with Gasteiger partial charge in [-0.15, -0.1) is 10.2 Å². The van der Waals surface area contributed by atoms with E-state index in [0.717, 1.165) is 27.5 Å². The highest BCUT2D eigenvalue weighted by Crippen LogP contribution is 2.31. The minimum absolute atomic E-state index is 0.0785. The van der Waals surface area contributed by atoms with Gasteiger partial charge in [-0.1, -0.05) is 65.3 Å². The van der Waals surface area contributed by atoms with Gasteiger partial charge in [0.1, 0.15) is 0 Å². The molecule has 0 saturated carbocycles. The number of nitro benzene ring substituents is 1. The van der Waals surface area contributed by atoms with E-state index in [9.17, 15) is 10.1 Å². The molecule has 0 atom stereocenters. The molecule has 8 heteroatoms. The van der Waals surface area contributed by atoms with Crippen molar-refractivity contribution in [3.8, 4) is 17.1 Å². The van der Waals surface area contributed by atoms with Crippen LogP contribution in [0.25, 0.3) is 17.1 Å². The number of rotatable bonds is 6. The van der Waals surface area contributed by atoms with Crippen molar-refractivity contribution in [3.63, 3.8) is 0 Å². The molecule has 0 amide bonds. The first kappa shape index (κ1) is 20.1. The summed E-state index contributed by atoms with van der Waals surface area (Å²) in [6.45, 7) is 2.04. The maximum absolute atomic E-state index is 10.8. The Kier molecular flexibility index (Phi) is 5.83. The summed E-state index contributed by atoms with van der Waals surface area (Å²) in [6.07, 6.45) is 0. The van der Waals surface area contributed by atoms with Crippen molar-refractivity contribution in [2.24, 2.45) is 0 Å². The van der Waals surface area contributed by atoms with Crippen molar-refractivity contribution in [3.05, 3.63) is 99.1 Å². The van der Waals surface area contributed by atoms with Crippen LogP contribution in [0, 0.1) is 17.0 Å². The van der Waals surface area contributed by atoms with Crippen LogP contribution in [0.1, 0.15) is 11.1 Å². The van der Waals surface area contributed by atoms with Gasteiger partial charge in [-0.05, 0) is 36.8 Å². The van der Waals surface area contributed by atoms with Crippen molar-refractivity contribution >= 4 is 29.1 Å². The largest absolute Gasteiger partial charge is 0.270 e. The molecule has 3 aromatic carbocycles. The number of nitrogens with zero attached hydrogens (tertiary/aromatic N) is 4. The summed E-state index contributed by atoms with van der Waals surface area (Å²) in [7, 11) is 0. The van der Waals surface area contributed by atoms with E-state index in [4.69, 9.17) is 11.6 Å². The monoisotopic (exact) mass is 436 g/mol. The molecular formula is C22H17ClN4O2S. The third kappa shape index (κ3) is 4.37. The van der Waals surface area contributed by atoms with Gasteiger partial charge in [0.15, 0.2) is 11.0 Å². The van der Waals surface area contributed by atoms with Gasteiger partial charge in [0.05, 0.1) is 4.92 Å². The summed E-state index contributed by atoms with van der Waals surface area (Å²) in [4.78, 5) is 10.4. The van der Waals surface area contributed by atoms with Crippen LogP contribution in [-0.2, 0) is 5.75 Å². The maximum atomic E-state index is 10.8. The molecule has 1 aromatic heterocycles. The van der Waals surface area contributed by atoms with Crippen LogP contribution in [0.4, 0.5) is 5.69 Å². The lowest BCUT2D eigenvalue weighted by Crippen LogP contribution is -2.00. The Labute approximate surface area is 182 Å². The number of non-ortho nitro benzene ring substituents is 1. The predicted molar refractivity (Wildman–Crippen MR) is 119 cm³/mol. The lowest BCUT2D eigenvalue weighted by molar-refractivity contribution is -0.384. The molecule has 0 unspecified atom stereocenters. The summed E-state index contributed by atoms with van der Waals surface area (Å²) in [6, 6.07) is 22.2. The van der Waals surface area contributed by atoms with Gasteiger partial charge in [0, 0.05) is 34.2 Å². The predicted octanol–water partition coefficient (Wildman–Crippen LogP) is 6.10. The first-order valence-electron chi connectivity index (χ1n) is 9.16. The zero-order valence-electron chi connectivity index (χ0n) is 16.0. The summed E-state index contributed by atoms with van der Waals surface area (Å²) in [5, 5.41) is 21.0. The fourth-order valence-corrected chi connectivity index (χ4v) is 4.06. The number of thioether (sulfide) groups is 1. The molecular weight excluding hydrogens is 420 g/mol. The lowest BCUT2D eigenvalue weighted by Gasteiger charge is -2.11. The van der Waals surface area contributed by atoms with Gasteiger partial charge in [-0.25, -0.2) is 0 Å². The average molecular weight is 437 g/mol. The summed E-state index contributed by atoms with van der Waals surface area (Å²) < 4.78 is 2.00. The second-order valence-corrected chi connectivity index (χ2v) is 8.08. The van der Waals surface area contributed by atoms with E-state index in [1.54, 1.807) is 12.1 Å². The van der Waals surface area contributed by atoms with Gasteiger partial charge in [-0.2, -0.15) is 0 Å². The third-order valence-electron chi connectivity index (χ3n) is 4.52. The molecule has 0 N–H and O–H groups in total. The summed E-state index contributed by atoms with van der Waals surface area (Å²) >= 11 is 7.71. The zero-order chi connectivity index (χ0) is 21.1. The Morgan fingerprint density at radius 3 is 2.43 bits per heavy atom. The molecule has 0 saturated heterocycles. The molecule has 0 bridgehead atoms. The first-order chi connectivity index (χ1) is 14.5. The van der Waals surface area contributed by atoms with Crippen LogP contribution in [0.5, 0.6) is 0 Å². The molecule has 0 radical (unpaired) electrons. The quantitative estimate of drug-likeness (QED) is 0.207. The smallest absolute Gasteiger partial charge is 0.269 e. The van der Waals surface area contributed by atoms with Crippen LogP contribution in [-0.4, -0.2) is 19.7 Å². The molecule has 6 nitrogen and oxygen atoms in total. The Morgan fingerprint density at radius 2 is 1.77 bits per heavy atom. The molecule has 4 rings (SSSR count). The number of nitro groups is 1. The number of halogens is 1. The van der Waals surface area contributed by atoms with Crippen molar-refractivity contribution in [2.75, 3.05) is 0 Å². The molecule has 150 valence electrons. The van der Waals surface area contributed by atoms with E-state index in [1.807, 2.05) is 60.0 Å². The fraction of sp³-hybridized carbons (Fsp3) is 0.0909. The number of benzene rings is 3. The highest BCUT2D eigenvalue weighted by atomic mass is 35.5. The molecule has 0 aliphatic carbocycles. The third-order valence-corrected chi connectivity index (χ3v) is 5.76. The van der Waals surface area contributed by atoms with Crippen LogP contribution in [0.3, 0.4) is 0 Å². The minimum Gasteiger partial charge on any atom is -0.270 e. The highest BCUT2D eigenvalue weighted by Gasteiger charge is 2.17. The van der Waals surface area contributed by atoms with Crippen LogP contribution >= 0.6 is 23.4 Å². The Hall–Kier alpha value is -3.16. The SMILES string of the molecule is Cc1ccc(-n2c(SCc3ccc([N+](=O)[O-])cc3)nnc2-c2cccc(Cl)c2)cc1. The van der Waals surface area contributed by atoms with Gasteiger partial charge >= 0.3 is 0 Å². The van der Waals surface area contributed by atoms with Gasteiger partial charge in [0.25, 0.3) is 5.69 Å². The second kappa shape index (κ2) is 8.69. The molecule has 30 heavy (non-hydrogen) atoms. The van der Waals surface area contributed by atoms with Gasteiger partial charge in [-0.3, -0.25) is 14.7 Å². The van der Waals surface area contributed by atoms with Crippen molar-refractivity contribution < 1.29 is 4.92 Å². The Balaban J connectivity index is 1.69. The zero-order valence-corrected chi connectivity index (χ0v) is 17.6. The first-order valence-corrected chi connectivity index (χ1v) is 10.5. The number of hydrogen-bond donors (Lipinski definition) is 0. The standard InChI is InChI=1S/C22H17ClN4O2S/c1-15-5-9-19(10-6-15)26-21(17-3-2-4-18(23)13-17)24-25-22(26)30-14-16-7-11-20(12-8-16)27(28)29/h2-13H,14H2,1H3. The topological polar surface area (TPSA) is 73.8 Å². The van der Waals surface area contributed by atoms with Crippen LogP contribution in [0.2, 0.25) is 5.02 Å². The van der Waals surface area contributed by atoms with E-state index in [1.165, 1.54) is 23.9 Å². The minimum atomic E-state index is -0.401. The normalized spacial score (nSPS) is 10.9. The van der Waals surface area contributed by atoms with Crippen molar-refractivity contribution in [1.29, 1.82) is 0 Å². The van der Waals surface area contributed by atoms with Crippen LogP contribution < -0.4 is 0 Å². The number of aromatic nitrogens is 3. The fourth-order valence-electron chi connectivity index (χ4n) is 2.97. The molecule has 0 fully saturated rings. The van der Waals surface area contributed by atoms with E-state index in [0.29, 0.717) is 16.6 Å². The van der Waals surface area contributed by atoms with E-state index in [2.05, 4.69) is 10.2 Å². The van der Waals surface area contributed by atoms with Gasteiger partial charge < -0.3 is 0 Å². The second-order valence-electron chi connectivity index (χ2n) is 6.70. The molecule has 0 aliphatic heterocycles. The average Bonchev–Trinajstić information content (AvgIpc) is 3.17. The Morgan fingerprint density at radius 1 is 1.03 bits per heavy atom. The molecule has 0 aliphatic rings. The molecule has 1 heterocycles. The lowest BCUT2D eigenvalue weighted by atomic mass is 10.2. The Bertz CT molecular complexity index is 1190. The van der Waals surface area contributed by atoms with Crippen molar-refractivity contribution in [1.82, 2.24) is 14.8 Å². The highest BCUT2D eigenvalue weighted by molar-refractivity contribution is 7.98. The molecule has 4 aromatic rings. The number of hydrogen-bond acceptors (Lipinski definition) is 5. The van der Waals surface area contributed by atoms with E-state index in [-0.39, 0.29) is 5.69 Å². The summed E-state index contributed by atoms with van der Waals surface area (Å²) in [5.41, 5.74) is 4.03. The molecule has 0 spiro atoms. The maximum Gasteiger partial charge on any atom is 0.269 e. The number of aryl methyl sites for hydroxylation is 1. The van der Waals surface area contributed by atoms with E-state index < -0.39 is 4.92 Å². The van der Waals surface area contributed by atoms with E-state index >= 15 is 0 Å². The summed E-state index contributed by atoms with van der Waals surface area (Å²) in [5.74, 6) is 1.31. The van der Waals surface area contributed by atoms with Crippen molar-refractivity contribution in [2.45, 2.75) is 17.8 Å². The van der Waals surface area contributed by atoms with Crippen LogP contribution in [0.15, 0.2) is 78.0 Å². The van der Waals surface area contributed by atoms with Gasteiger partial charge in [0.2, 0.25) is 0 Å².